The van der Waals surface area contributed by atoms with Gasteiger partial charge < -0.3 is 0 Å². The van der Waals surface area contributed by atoms with Crippen molar-refractivity contribution in [3.63, 3.8) is 0 Å². The third kappa shape index (κ3) is 4.40. The molecule has 1 saturated heterocycles. The molecule has 9 nitrogen and oxygen atoms in total. The van der Waals surface area contributed by atoms with E-state index in [2.05, 4.69) is 4.72 Å². The number of nitro groups is 1. The van der Waals surface area contributed by atoms with Gasteiger partial charge in [-0.1, -0.05) is 23.9 Å². The highest BCUT2D eigenvalue weighted by Crippen LogP contribution is 2.27. The molecular formula is C18H17N3O6S2. The Bertz CT molecular complexity index is 1100. The molecule has 152 valence electrons. The Morgan fingerprint density at radius 2 is 1.83 bits per heavy atom. The highest BCUT2D eigenvalue weighted by Gasteiger charge is 2.29. The van der Waals surface area contributed by atoms with Crippen molar-refractivity contribution in [1.82, 2.24) is 4.90 Å². The first-order valence-corrected chi connectivity index (χ1v) is 10.9. The number of non-ortho nitro benzene ring substituents is 1. The Morgan fingerprint density at radius 3 is 2.38 bits per heavy atom. The van der Waals surface area contributed by atoms with Crippen LogP contribution in [0.2, 0.25) is 0 Å². The second-order valence-electron chi connectivity index (χ2n) is 6.48. The number of nitrogens with one attached hydrogen (secondary N) is 1. The summed E-state index contributed by atoms with van der Waals surface area (Å²) < 4.78 is 27.9. The van der Waals surface area contributed by atoms with Crippen molar-refractivity contribution in [2.75, 3.05) is 10.5 Å². The highest BCUT2D eigenvalue weighted by molar-refractivity contribution is 8.14. The lowest BCUT2D eigenvalue weighted by atomic mass is 10.1. The first-order valence-electron chi connectivity index (χ1n) is 8.43. The fourth-order valence-corrected chi connectivity index (χ4v) is 4.92. The van der Waals surface area contributed by atoms with Crippen molar-refractivity contribution in [3.05, 3.63) is 63.2 Å². The smallest absolute Gasteiger partial charge is 0.280 e. The first kappa shape index (κ1) is 20.8. The molecule has 1 N–H and O–H groups in total. The van der Waals surface area contributed by atoms with E-state index in [4.69, 9.17) is 0 Å². The van der Waals surface area contributed by atoms with Gasteiger partial charge in [0.15, 0.2) is 0 Å². The van der Waals surface area contributed by atoms with Crippen LogP contribution in [0.1, 0.15) is 16.7 Å². The van der Waals surface area contributed by atoms with E-state index in [1.165, 1.54) is 18.2 Å². The van der Waals surface area contributed by atoms with Crippen LogP contribution in [0.3, 0.4) is 0 Å². The normalized spacial score (nSPS) is 14.3. The van der Waals surface area contributed by atoms with Gasteiger partial charge in [0.1, 0.15) is 0 Å². The molecule has 0 unspecified atom stereocenters. The molecule has 0 bridgehead atoms. The second-order valence-corrected chi connectivity index (χ2v) is 9.06. The number of hydrogen-bond donors (Lipinski definition) is 1. The van der Waals surface area contributed by atoms with Gasteiger partial charge in [0.05, 0.1) is 22.1 Å². The Hall–Kier alpha value is -2.92. The molecule has 1 aliphatic heterocycles. The van der Waals surface area contributed by atoms with E-state index in [9.17, 15) is 28.1 Å². The van der Waals surface area contributed by atoms with Gasteiger partial charge in [-0.3, -0.25) is 29.3 Å². The van der Waals surface area contributed by atoms with Crippen LogP contribution >= 0.6 is 11.8 Å². The molecule has 2 amide bonds. The molecule has 0 aromatic heterocycles. The van der Waals surface area contributed by atoms with Crippen LogP contribution in [0.5, 0.6) is 0 Å². The summed E-state index contributed by atoms with van der Waals surface area (Å²) >= 11 is 0.945. The van der Waals surface area contributed by atoms with Gasteiger partial charge in [0.25, 0.3) is 20.9 Å². The van der Waals surface area contributed by atoms with Crippen molar-refractivity contribution < 1.29 is 22.9 Å². The monoisotopic (exact) mass is 435 g/mol. The van der Waals surface area contributed by atoms with Gasteiger partial charge in [-0.15, -0.1) is 0 Å². The lowest BCUT2D eigenvalue weighted by Gasteiger charge is -2.14. The SMILES string of the molecule is Cc1cc([N+](=O)[O-])cc(S(=O)(=O)Nc2ccc(CN3C(=O)CSC3=O)cc2)c1C. The van der Waals surface area contributed by atoms with E-state index in [1.54, 1.807) is 26.0 Å². The predicted molar refractivity (Wildman–Crippen MR) is 108 cm³/mol. The number of nitro benzene ring substituents is 1. The van der Waals surface area contributed by atoms with Crippen LogP contribution in [0.15, 0.2) is 41.3 Å². The Balaban J connectivity index is 1.82. The maximum absolute atomic E-state index is 12.8. The average Bonchev–Trinajstić information content (AvgIpc) is 2.96. The summed E-state index contributed by atoms with van der Waals surface area (Å²) in [5.41, 5.74) is 1.53. The zero-order valence-corrected chi connectivity index (χ0v) is 17.2. The van der Waals surface area contributed by atoms with Gasteiger partial charge in [-0.2, -0.15) is 0 Å². The topological polar surface area (TPSA) is 127 Å². The minimum atomic E-state index is -4.05. The summed E-state index contributed by atoms with van der Waals surface area (Å²) in [6, 6.07) is 8.57. The van der Waals surface area contributed by atoms with Crippen molar-refractivity contribution >= 4 is 44.3 Å². The van der Waals surface area contributed by atoms with Gasteiger partial charge in [-0.25, -0.2) is 8.42 Å². The fourth-order valence-electron chi connectivity index (χ4n) is 2.80. The molecule has 3 rings (SSSR count). The van der Waals surface area contributed by atoms with E-state index in [1.807, 2.05) is 0 Å². The number of sulfonamides is 1. The summed E-state index contributed by atoms with van der Waals surface area (Å²) in [5.74, 6) is -0.139. The molecule has 2 aromatic carbocycles. The van der Waals surface area contributed by atoms with Gasteiger partial charge >= 0.3 is 0 Å². The Labute approximate surface area is 171 Å². The number of rotatable bonds is 6. The van der Waals surface area contributed by atoms with Gasteiger partial charge in [-0.05, 0) is 42.7 Å². The van der Waals surface area contributed by atoms with E-state index in [0.717, 1.165) is 22.7 Å². The van der Waals surface area contributed by atoms with Crippen molar-refractivity contribution in [2.45, 2.75) is 25.3 Å². The molecule has 2 aromatic rings. The number of hydrogen-bond acceptors (Lipinski definition) is 7. The molecular weight excluding hydrogens is 418 g/mol. The molecule has 11 heteroatoms. The number of benzene rings is 2. The number of thioether (sulfide) groups is 1. The minimum absolute atomic E-state index is 0.112. The second kappa shape index (κ2) is 7.84. The number of imide groups is 1. The molecule has 0 aliphatic carbocycles. The number of nitrogens with zero attached hydrogens (tertiary/aromatic N) is 2. The van der Waals surface area contributed by atoms with Crippen LogP contribution in [0.25, 0.3) is 0 Å². The summed E-state index contributed by atoms with van der Waals surface area (Å²) in [7, 11) is -4.05. The maximum Gasteiger partial charge on any atom is 0.289 e. The molecule has 29 heavy (non-hydrogen) atoms. The molecule has 0 spiro atoms. The molecule has 0 saturated carbocycles. The van der Waals surface area contributed by atoms with Crippen molar-refractivity contribution in [2.24, 2.45) is 0 Å². The largest absolute Gasteiger partial charge is 0.289 e. The Kier molecular flexibility index (Phi) is 5.62. The van der Waals surface area contributed by atoms with Gasteiger partial charge in [0, 0.05) is 17.8 Å². The van der Waals surface area contributed by atoms with Crippen LogP contribution < -0.4 is 4.72 Å². The standard InChI is InChI=1S/C18H17N3O6S2/c1-11-7-15(21(24)25)8-16(12(11)2)29(26,27)19-14-5-3-13(4-6-14)9-20-17(22)10-28-18(20)23/h3-8,19H,9-10H2,1-2H3. The van der Waals surface area contributed by atoms with E-state index < -0.39 is 14.9 Å². The van der Waals surface area contributed by atoms with E-state index in [-0.39, 0.29) is 39.7 Å². The highest BCUT2D eigenvalue weighted by atomic mass is 32.2. The quantitative estimate of drug-likeness (QED) is 0.545. The summed E-state index contributed by atoms with van der Waals surface area (Å²) in [6.45, 7) is 3.30. The van der Waals surface area contributed by atoms with E-state index in [0.29, 0.717) is 16.7 Å². The summed E-state index contributed by atoms with van der Waals surface area (Å²) in [4.78, 5) is 34.7. The summed E-state index contributed by atoms with van der Waals surface area (Å²) in [5, 5.41) is 10.8. The molecule has 1 aliphatic rings. The van der Waals surface area contributed by atoms with Crippen LogP contribution in [0, 0.1) is 24.0 Å². The Morgan fingerprint density at radius 1 is 1.17 bits per heavy atom. The number of carbonyl (C=O) groups is 2. The lowest BCUT2D eigenvalue weighted by molar-refractivity contribution is -0.385. The summed E-state index contributed by atoms with van der Waals surface area (Å²) in [6.07, 6.45) is 0. The molecule has 0 radical (unpaired) electrons. The number of anilines is 1. The van der Waals surface area contributed by atoms with Crippen LogP contribution in [-0.4, -0.2) is 35.1 Å². The zero-order valence-electron chi connectivity index (χ0n) is 15.5. The minimum Gasteiger partial charge on any atom is -0.280 e. The zero-order chi connectivity index (χ0) is 21.3. The number of aryl methyl sites for hydroxylation is 1. The molecule has 0 atom stereocenters. The van der Waals surface area contributed by atoms with Crippen LogP contribution in [-0.2, 0) is 21.4 Å². The van der Waals surface area contributed by atoms with Gasteiger partial charge in [0.2, 0.25) is 5.91 Å². The third-order valence-corrected chi connectivity index (χ3v) is 6.86. The fraction of sp³-hybridized carbons (Fsp3) is 0.222. The molecule has 1 heterocycles. The lowest BCUT2D eigenvalue weighted by Crippen LogP contribution is -2.27. The van der Waals surface area contributed by atoms with E-state index >= 15 is 0 Å². The number of carbonyl (C=O) groups excluding carboxylic acids is 2. The first-order chi connectivity index (χ1) is 13.6. The van der Waals surface area contributed by atoms with Crippen LogP contribution in [0.4, 0.5) is 16.2 Å². The molecule has 1 fully saturated rings. The predicted octanol–water partition coefficient (Wildman–Crippen LogP) is 3.21. The number of amides is 2. The average molecular weight is 435 g/mol. The maximum atomic E-state index is 12.8. The van der Waals surface area contributed by atoms with Crippen molar-refractivity contribution in [3.8, 4) is 0 Å². The third-order valence-electron chi connectivity index (χ3n) is 4.49. The van der Waals surface area contributed by atoms with Crippen molar-refractivity contribution in [1.29, 1.82) is 0 Å².